The molecule has 40 heavy (non-hydrogen) atoms. The van der Waals surface area contributed by atoms with E-state index < -0.39 is 0 Å². The fourth-order valence-electron chi connectivity index (χ4n) is 5.06. The molecule has 0 saturated carbocycles. The summed E-state index contributed by atoms with van der Waals surface area (Å²) >= 11 is 0. The predicted molar refractivity (Wildman–Crippen MR) is 160 cm³/mol. The zero-order chi connectivity index (χ0) is 29.2. The SMILES string of the molecule is CCCCCCCCCCC(=NOC(=O)CCCCCCCCC)c1cc(OC)c2c(c1OC)C(=O)C=CC2=O. The van der Waals surface area contributed by atoms with Gasteiger partial charge in [0.25, 0.3) is 0 Å². The number of nitrogens with zero attached hydrogens (tertiary/aromatic N) is 1. The van der Waals surface area contributed by atoms with Crippen molar-refractivity contribution >= 4 is 23.2 Å². The third-order valence-electron chi connectivity index (χ3n) is 7.37. The Balaban J connectivity index is 2.19. The quantitative estimate of drug-likeness (QED) is 0.0653. The average Bonchev–Trinajstić information content (AvgIpc) is 2.96. The zero-order valence-corrected chi connectivity index (χ0v) is 25.1. The molecular formula is C33H49NO6. The number of unbranched alkanes of at least 4 members (excludes halogenated alkanes) is 13. The number of rotatable bonds is 21. The van der Waals surface area contributed by atoms with Crippen LogP contribution in [0.15, 0.2) is 23.4 Å². The molecule has 0 amide bonds. The van der Waals surface area contributed by atoms with Crippen LogP contribution in [0.5, 0.6) is 11.5 Å². The molecule has 0 saturated heterocycles. The largest absolute Gasteiger partial charge is 0.496 e. The molecule has 0 spiro atoms. The van der Waals surface area contributed by atoms with Crippen molar-refractivity contribution in [2.75, 3.05) is 14.2 Å². The summed E-state index contributed by atoms with van der Waals surface area (Å²) in [4.78, 5) is 43.4. The molecule has 1 aliphatic carbocycles. The van der Waals surface area contributed by atoms with Gasteiger partial charge in [-0.3, -0.25) is 9.59 Å². The molecule has 0 bridgehead atoms. The normalized spacial score (nSPS) is 12.9. The van der Waals surface area contributed by atoms with E-state index >= 15 is 0 Å². The minimum absolute atomic E-state index is 0.155. The molecule has 1 aliphatic rings. The Morgan fingerprint density at radius 3 is 1.70 bits per heavy atom. The van der Waals surface area contributed by atoms with Crippen LogP contribution in [0.3, 0.4) is 0 Å². The summed E-state index contributed by atoms with van der Waals surface area (Å²) in [6.45, 7) is 4.41. The van der Waals surface area contributed by atoms with E-state index in [1.165, 1.54) is 84.2 Å². The Labute approximate surface area is 240 Å². The van der Waals surface area contributed by atoms with Crippen molar-refractivity contribution in [3.8, 4) is 11.5 Å². The maximum absolute atomic E-state index is 12.9. The number of oxime groups is 1. The lowest BCUT2D eigenvalue weighted by Gasteiger charge is -2.20. The molecule has 0 heterocycles. The monoisotopic (exact) mass is 555 g/mol. The Hall–Kier alpha value is -2.96. The van der Waals surface area contributed by atoms with Crippen molar-refractivity contribution < 1.29 is 28.7 Å². The molecule has 7 heteroatoms. The van der Waals surface area contributed by atoms with Gasteiger partial charge in [-0.1, -0.05) is 102 Å². The number of fused-ring (bicyclic) bond motifs is 1. The van der Waals surface area contributed by atoms with E-state index in [1.807, 2.05) is 0 Å². The molecule has 0 aliphatic heterocycles. The first kappa shape index (κ1) is 33.2. The molecule has 222 valence electrons. The summed E-state index contributed by atoms with van der Waals surface area (Å²) in [6, 6.07) is 1.66. The van der Waals surface area contributed by atoms with Gasteiger partial charge >= 0.3 is 5.97 Å². The van der Waals surface area contributed by atoms with Crippen LogP contribution in [0.25, 0.3) is 0 Å². The first-order valence-corrected chi connectivity index (χ1v) is 15.3. The number of hydrogen-bond acceptors (Lipinski definition) is 7. The number of ketones is 2. The van der Waals surface area contributed by atoms with Gasteiger partial charge in [0.15, 0.2) is 11.6 Å². The highest BCUT2D eigenvalue weighted by molar-refractivity contribution is 6.25. The Bertz CT molecular complexity index is 1030. The molecule has 7 nitrogen and oxygen atoms in total. The molecule has 0 atom stereocenters. The summed E-state index contributed by atoms with van der Waals surface area (Å²) in [5.41, 5.74) is 1.34. The summed E-state index contributed by atoms with van der Waals surface area (Å²) in [5, 5.41) is 4.29. The number of ether oxygens (including phenoxy) is 2. The van der Waals surface area contributed by atoms with Gasteiger partial charge in [-0.25, -0.2) is 4.79 Å². The minimum Gasteiger partial charge on any atom is -0.496 e. The minimum atomic E-state index is -0.375. The number of hydrogen-bond donors (Lipinski definition) is 0. The average molecular weight is 556 g/mol. The van der Waals surface area contributed by atoms with Crippen LogP contribution in [0.4, 0.5) is 0 Å². The highest BCUT2D eigenvalue weighted by atomic mass is 16.7. The van der Waals surface area contributed by atoms with E-state index in [0.717, 1.165) is 38.5 Å². The van der Waals surface area contributed by atoms with Gasteiger partial charge < -0.3 is 14.3 Å². The van der Waals surface area contributed by atoms with Crippen LogP contribution in [0.1, 0.15) is 149 Å². The second-order valence-corrected chi connectivity index (χ2v) is 10.6. The topological polar surface area (TPSA) is 91.3 Å². The van der Waals surface area contributed by atoms with Gasteiger partial charge in [0.2, 0.25) is 0 Å². The maximum Gasteiger partial charge on any atom is 0.335 e. The number of carbonyl (C=O) groups is 3. The smallest absolute Gasteiger partial charge is 0.335 e. The van der Waals surface area contributed by atoms with E-state index in [4.69, 9.17) is 14.3 Å². The first-order chi connectivity index (χ1) is 19.5. The molecule has 1 aromatic carbocycles. The highest BCUT2D eigenvalue weighted by Crippen LogP contribution is 2.38. The van der Waals surface area contributed by atoms with Crippen LogP contribution in [-0.4, -0.2) is 37.5 Å². The van der Waals surface area contributed by atoms with Crippen molar-refractivity contribution in [2.24, 2.45) is 5.16 Å². The molecule has 2 rings (SSSR count). The first-order valence-electron chi connectivity index (χ1n) is 15.3. The third-order valence-corrected chi connectivity index (χ3v) is 7.37. The fourth-order valence-corrected chi connectivity index (χ4v) is 5.06. The Morgan fingerprint density at radius 2 is 1.18 bits per heavy atom. The van der Waals surface area contributed by atoms with Crippen LogP contribution < -0.4 is 9.47 Å². The van der Waals surface area contributed by atoms with Crippen LogP contribution in [0.2, 0.25) is 0 Å². The summed E-state index contributed by atoms with van der Waals surface area (Å²) in [7, 11) is 2.92. The molecule has 1 aromatic rings. The number of benzene rings is 1. The Kier molecular flexibility index (Phi) is 15.9. The second kappa shape index (κ2) is 19.2. The van der Waals surface area contributed by atoms with Crippen molar-refractivity contribution in [3.05, 3.63) is 34.9 Å². The van der Waals surface area contributed by atoms with Crippen molar-refractivity contribution in [3.63, 3.8) is 0 Å². The molecular weight excluding hydrogens is 506 g/mol. The number of methoxy groups -OCH3 is 2. The predicted octanol–water partition coefficient (Wildman–Crippen LogP) is 8.56. The van der Waals surface area contributed by atoms with E-state index in [0.29, 0.717) is 24.1 Å². The summed E-state index contributed by atoms with van der Waals surface area (Å²) in [5.74, 6) is -0.514. The molecule has 0 radical (unpaired) electrons. The van der Waals surface area contributed by atoms with Gasteiger partial charge in [0.05, 0.1) is 31.1 Å². The summed E-state index contributed by atoms with van der Waals surface area (Å²) in [6.07, 6.45) is 20.3. The van der Waals surface area contributed by atoms with E-state index in [2.05, 4.69) is 19.0 Å². The zero-order valence-electron chi connectivity index (χ0n) is 25.1. The van der Waals surface area contributed by atoms with Crippen molar-refractivity contribution in [1.82, 2.24) is 0 Å². The highest BCUT2D eigenvalue weighted by Gasteiger charge is 2.31. The maximum atomic E-state index is 12.9. The van der Waals surface area contributed by atoms with Crippen LogP contribution in [0, 0.1) is 0 Å². The summed E-state index contributed by atoms with van der Waals surface area (Å²) < 4.78 is 11.2. The molecule has 0 fully saturated rings. The van der Waals surface area contributed by atoms with Gasteiger partial charge in [-0.2, -0.15) is 0 Å². The van der Waals surface area contributed by atoms with E-state index in [9.17, 15) is 14.4 Å². The van der Waals surface area contributed by atoms with Crippen molar-refractivity contribution in [2.45, 2.75) is 123 Å². The third kappa shape index (κ3) is 10.5. The van der Waals surface area contributed by atoms with Gasteiger partial charge in [-0.15, -0.1) is 0 Å². The van der Waals surface area contributed by atoms with Gasteiger partial charge in [0.1, 0.15) is 11.5 Å². The molecule has 0 aromatic heterocycles. The van der Waals surface area contributed by atoms with Gasteiger partial charge in [-0.05, 0) is 37.5 Å². The lowest BCUT2D eigenvalue weighted by atomic mass is 9.88. The molecule has 0 N–H and O–H groups in total. The van der Waals surface area contributed by atoms with E-state index in [-0.39, 0.29) is 40.2 Å². The fraction of sp³-hybridized carbons (Fsp3) is 0.636. The molecule has 0 unspecified atom stereocenters. The van der Waals surface area contributed by atoms with Gasteiger partial charge in [0, 0.05) is 12.0 Å². The van der Waals surface area contributed by atoms with Crippen LogP contribution >= 0.6 is 0 Å². The Morgan fingerprint density at radius 1 is 0.675 bits per heavy atom. The van der Waals surface area contributed by atoms with Crippen LogP contribution in [-0.2, 0) is 9.63 Å². The number of carbonyl (C=O) groups excluding carboxylic acids is 3. The van der Waals surface area contributed by atoms with Crippen molar-refractivity contribution in [1.29, 1.82) is 0 Å². The standard InChI is InChI=1S/C33H49NO6/c1-5-7-9-11-13-15-16-18-20-26(34-40-30(37)21-19-17-14-12-10-8-6-2)25-24-29(38-3)31-27(35)22-23-28(36)32(31)33(25)39-4/h22-24H,5-21H2,1-4H3. The lowest BCUT2D eigenvalue weighted by molar-refractivity contribution is -0.143. The number of allylic oxidation sites excluding steroid dienone is 2. The second-order valence-electron chi connectivity index (χ2n) is 10.6. The lowest BCUT2D eigenvalue weighted by Crippen LogP contribution is -2.18. The van der Waals surface area contributed by atoms with E-state index in [1.54, 1.807) is 6.07 Å².